The van der Waals surface area contributed by atoms with Crippen LogP contribution in [0.4, 0.5) is 21.7 Å². The third kappa shape index (κ3) is 3.80. The molecule has 0 N–H and O–H groups in total. The van der Waals surface area contributed by atoms with E-state index in [1.165, 1.54) is 25.0 Å². The Bertz CT molecular complexity index is 863. The number of piperazine rings is 1. The van der Waals surface area contributed by atoms with E-state index in [0.29, 0.717) is 5.56 Å². The van der Waals surface area contributed by atoms with Crippen LogP contribution in [0.5, 0.6) is 0 Å². The number of anilines is 3. The van der Waals surface area contributed by atoms with E-state index < -0.39 is 0 Å². The first-order chi connectivity index (χ1) is 13.1. The predicted octanol–water partition coefficient (Wildman–Crippen LogP) is 2.72. The summed E-state index contributed by atoms with van der Waals surface area (Å²) in [6.07, 6.45) is 2.44. The summed E-state index contributed by atoms with van der Waals surface area (Å²) in [7, 11) is 0. The second-order valence-electron chi connectivity index (χ2n) is 7.11. The number of aryl methyl sites for hydroxylation is 1. The van der Waals surface area contributed by atoms with Crippen LogP contribution in [-0.2, 0) is 0 Å². The molecule has 140 valence electrons. The van der Waals surface area contributed by atoms with Crippen LogP contribution < -0.4 is 14.7 Å². The van der Waals surface area contributed by atoms with Crippen LogP contribution in [0.25, 0.3) is 0 Å². The molecule has 7 heteroatoms. The molecule has 0 saturated carbocycles. The molecule has 6 nitrogen and oxygen atoms in total. The second kappa shape index (κ2) is 7.39. The highest BCUT2D eigenvalue weighted by atomic mass is 19.1. The van der Waals surface area contributed by atoms with Crippen LogP contribution in [-0.4, -0.2) is 49.2 Å². The first-order valence-electron chi connectivity index (χ1n) is 9.43. The summed E-state index contributed by atoms with van der Waals surface area (Å²) in [6, 6.07) is 8.62. The molecule has 0 amide bonds. The molecule has 0 spiro atoms. The van der Waals surface area contributed by atoms with Gasteiger partial charge in [0.15, 0.2) is 0 Å². The van der Waals surface area contributed by atoms with Gasteiger partial charge in [-0.15, -0.1) is 0 Å². The first kappa shape index (κ1) is 17.5. The third-order valence-corrected chi connectivity index (χ3v) is 5.22. The molecule has 0 bridgehead atoms. The number of halogens is 1. The summed E-state index contributed by atoms with van der Waals surface area (Å²) in [5.74, 6) is 2.40. The molecule has 3 heterocycles. The lowest BCUT2D eigenvalue weighted by Gasteiger charge is -2.37. The largest absolute Gasteiger partial charge is 0.368 e. The molecule has 4 rings (SSSR count). The Morgan fingerprint density at radius 2 is 1.44 bits per heavy atom. The quantitative estimate of drug-likeness (QED) is 0.832. The van der Waals surface area contributed by atoms with E-state index in [2.05, 4.69) is 30.7 Å². The van der Waals surface area contributed by atoms with Crippen molar-refractivity contribution < 1.29 is 4.39 Å². The van der Waals surface area contributed by atoms with E-state index in [0.717, 1.165) is 62.4 Å². The van der Waals surface area contributed by atoms with E-state index in [9.17, 15) is 4.39 Å². The summed E-state index contributed by atoms with van der Waals surface area (Å²) < 4.78 is 13.7. The van der Waals surface area contributed by atoms with Crippen molar-refractivity contribution in [2.75, 3.05) is 54.0 Å². The van der Waals surface area contributed by atoms with Crippen LogP contribution in [0.2, 0.25) is 0 Å². The van der Waals surface area contributed by atoms with Crippen molar-refractivity contribution in [2.24, 2.45) is 0 Å². The molecule has 0 atom stereocenters. The van der Waals surface area contributed by atoms with Crippen molar-refractivity contribution in [3.8, 4) is 6.07 Å². The lowest BCUT2D eigenvalue weighted by Crippen LogP contribution is -2.47. The van der Waals surface area contributed by atoms with Gasteiger partial charge in [-0.3, -0.25) is 0 Å². The van der Waals surface area contributed by atoms with Gasteiger partial charge in [-0.25, -0.2) is 14.4 Å². The van der Waals surface area contributed by atoms with E-state index in [1.807, 2.05) is 13.0 Å². The maximum absolute atomic E-state index is 13.7. The highest BCUT2D eigenvalue weighted by Gasteiger charge is 2.22. The molecular weight excluding hydrogens is 343 g/mol. The van der Waals surface area contributed by atoms with Crippen LogP contribution in [0.1, 0.15) is 24.2 Å². The van der Waals surface area contributed by atoms with Gasteiger partial charge in [-0.05, 0) is 38.0 Å². The highest BCUT2D eigenvalue weighted by molar-refractivity contribution is 5.55. The van der Waals surface area contributed by atoms with Gasteiger partial charge in [0.05, 0.1) is 11.6 Å². The SMILES string of the molecule is Cc1nc(N2CCCC2)cc(N2CCN(c3cc(F)cc(C#N)c3)CC2)n1. The van der Waals surface area contributed by atoms with Crippen LogP contribution >= 0.6 is 0 Å². The number of benzene rings is 1. The Morgan fingerprint density at radius 1 is 0.852 bits per heavy atom. The number of hydrogen-bond acceptors (Lipinski definition) is 6. The number of aromatic nitrogens is 2. The number of rotatable bonds is 3. The van der Waals surface area contributed by atoms with Gasteiger partial charge in [0, 0.05) is 51.0 Å². The molecule has 0 radical (unpaired) electrons. The molecule has 2 saturated heterocycles. The summed E-state index contributed by atoms with van der Waals surface area (Å²) in [4.78, 5) is 15.9. The lowest BCUT2D eigenvalue weighted by molar-refractivity contribution is 0.618. The predicted molar refractivity (Wildman–Crippen MR) is 104 cm³/mol. The van der Waals surface area contributed by atoms with Gasteiger partial charge in [0.1, 0.15) is 23.3 Å². The minimum Gasteiger partial charge on any atom is -0.368 e. The molecule has 2 fully saturated rings. The standard InChI is InChI=1S/C20H23FN6/c1-15-23-19(26-4-2-3-5-26)13-20(24-15)27-8-6-25(7-9-27)18-11-16(14-22)10-17(21)12-18/h10-13H,2-9H2,1H3. The van der Waals surface area contributed by atoms with Gasteiger partial charge in [-0.1, -0.05) is 0 Å². The Morgan fingerprint density at radius 3 is 2.07 bits per heavy atom. The molecule has 27 heavy (non-hydrogen) atoms. The van der Waals surface area contributed by atoms with Crippen LogP contribution in [0, 0.1) is 24.1 Å². The Kier molecular flexibility index (Phi) is 4.80. The minimum atomic E-state index is -0.367. The third-order valence-electron chi connectivity index (χ3n) is 5.22. The smallest absolute Gasteiger partial charge is 0.134 e. The average Bonchev–Trinajstić information content (AvgIpc) is 3.22. The zero-order valence-electron chi connectivity index (χ0n) is 15.5. The monoisotopic (exact) mass is 366 g/mol. The topological polar surface area (TPSA) is 59.3 Å². The molecule has 0 aliphatic carbocycles. The van der Waals surface area contributed by atoms with Gasteiger partial charge in [-0.2, -0.15) is 5.26 Å². The van der Waals surface area contributed by atoms with E-state index >= 15 is 0 Å². The van der Waals surface area contributed by atoms with Crippen molar-refractivity contribution in [2.45, 2.75) is 19.8 Å². The first-order valence-corrected chi connectivity index (χ1v) is 9.43. The summed E-state index contributed by atoms with van der Waals surface area (Å²) in [5, 5.41) is 9.06. The van der Waals surface area contributed by atoms with E-state index in [1.54, 1.807) is 6.07 Å². The Balaban J connectivity index is 1.48. The van der Waals surface area contributed by atoms with Gasteiger partial charge < -0.3 is 14.7 Å². The van der Waals surface area contributed by atoms with Gasteiger partial charge >= 0.3 is 0 Å². The van der Waals surface area contributed by atoms with E-state index in [-0.39, 0.29) is 5.82 Å². The van der Waals surface area contributed by atoms with Crippen molar-refractivity contribution in [3.05, 3.63) is 41.5 Å². The van der Waals surface area contributed by atoms with Crippen LogP contribution in [0.15, 0.2) is 24.3 Å². The van der Waals surface area contributed by atoms with Gasteiger partial charge in [0.2, 0.25) is 0 Å². The molecule has 0 unspecified atom stereocenters. The molecule has 2 aromatic rings. The van der Waals surface area contributed by atoms with Crippen molar-refractivity contribution in [1.82, 2.24) is 9.97 Å². The fourth-order valence-electron chi connectivity index (χ4n) is 3.82. The second-order valence-corrected chi connectivity index (χ2v) is 7.11. The van der Waals surface area contributed by atoms with Crippen LogP contribution in [0.3, 0.4) is 0 Å². The fourth-order valence-corrected chi connectivity index (χ4v) is 3.82. The zero-order valence-corrected chi connectivity index (χ0v) is 15.5. The number of nitriles is 1. The highest BCUT2D eigenvalue weighted by Crippen LogP contribution is 2.25. The number of nitrogens with zero attached hydrogens (tertiary/aromatic N) is 6. The van der Waals surface area contributed by atoms with Crippen molar-refractivity contribution in [3.63, 3.8) is 0 Å². The van der Waals surface area contributed by atoms with Gasteiger partial charge in [0.25, 0.3) is 0 Å². The molecule has 1 aromatic heterocycles. The molecular formula is C20H23FN6. The summed E-state index contributed by atoms with van der Waals surface area (Å²) in [5.41, 5.74) is 1.12. The lowest BCUT2D eigenvalue weighted by atomic mass is 10.1. The maximum atomic E-state index is 13.7. The van der Waals surface area contributed by atoms with Crippen molar-refractivity contribution >= 4 is 17.3 Å². The average molecular weight is 366 g/mol. The summed E-state index contributed by atoms with van der Waals surface area (Å²) >= 11 is 0. The normalized spacial score (nSPS) is 17.3. The molecule has 2 aliphatic heterocycles. The molecule has 1 aromatic carbocycles. The molecule has 2 aliphatic rings. The maximum Gasteiger partial charge on any atom is 0.134 e. The van der Waals surface area contributed by atoms with Crippen molar-refractivity contribution in [1.29, 1.82) is 5.26 Å². The minimum absolute atomic E-state index is 0.356. The Hall–Kier alpha value is -2.88. The zero-order chi connectivity index (χ0) is 18.8. The van der Waals surface area contributed by atoms with E-state index in [4.69, 9.17) is 5.26 Å². The number of hydrogen-bond donors (Lipinski definition) is 0. The fraction of sp³-hybridized carbons (Fsp3) is 0.450. The Labute approximate surface area is 158 Å². The summed E-state index contributed by atoms with van der Waals surface area (Å²) in [6.45, 7) is 7.18.